The average Bonchev–Trinajstić information content (AvgIpc) is 2.46. The third-order valence-corrected chi connectivity index (χ3v) is 3.40. The van der Waals surface area contributed by atoms with Crippen molar-refractivity contribution in [2.75, 3.05) is 63.2 Å². The van der Waals surface area contributed by atoms with Gasteiger partial charge in [0.05, 0.1) is 0 Å². The van der Waals surface area contributed by atoms with Crippen molar-refractivity contribution in [2.24, 2.45) is 5.73 Å². The van der Waals surface area contributed by atoms with Gasteiger partial charge < -0.3 is 15.5 Å². The molecule has 6 nitrogen and oxygen atoms in total. The van der Waals surface area contributed by atoms with Crippen LogP contribution in [0.4, 0.5) is 11.8 Å². The van der Waals surface area contributed by atoms with E-state index >= 15 is 0 Å². The van der Waals surface area contributed by atoms with Crippen LogP contribution in [0.25, 0.3) is 0 Å². The molecule has 1 aromatic heterocycles. The number of hydrogen-bond acceptors (Lipinski definition) is 6. The first-order valence-electron chi connectivity index (χ1n) is 6.88. The van der Waals surface area contributed by atoms with Crippen molar-refractivity contribution in [3.63, 3.8) is 0 Å². The first-order chi connectivity index (χ1) is 9.20. The lowest BCUT2D eigenvalue weighted by Crippen LogP contribution is -2.47. The Hall–Kier alpha value is -1.40. The van der Waals surface area contributed by atoms with Crippen LogP contribution >= 0.6 is 0 Å². The molecular formula is C13H24N6. The van der Waals surface area contributed by atoms with Crippen LogP contribution in [0.3, 0.4) is 0 Å². The second-order valence-electron chi connectivity index (χ2n) is 5.08. The van der Waals surface area contributed by atoms with Gasteiger partial charge in [-0.2, -0.15) is 4.98 Å². The van der Waals surface area contributed by atoms with Crippen LogP contribution in [0.2, 0.25) is 0 Å². The maximum absolute atomic E-state index is 5.55. The fourth-order valence-corrected chi connectivity index (χ4v) is 2.25. The average molecular weight is 264 g/mol. The second kappa shape index (κ2) is 6.68. The third kappa shape index (κ3) is 3.78. The summed E-state index contributed by atoms with van der Waals surface area (Å²) in [5.41, 5.74) is 5.55. The molecule has 0 atom stereocenters. The summed E-state index contributed by atoms with van der Waals surface area (Å²) < 4.78 is 0. The van der Waals surface area contributed by atoms with Gasteiger partial charge in [0.1, 0.15) is 5.82 Å². The predicted octanol–water partition coefficient (Wildman–Crippen LogP) is 0.0134. The summed E-state index contributed by atoms with van der Waals surface area (Å²) in [7, 11) is 3.92. The highest BCUT2D eigenvalue weighted by molar-refractivity contribution is 5.43. The lowest BCUT2D eigenvalue weighted by Gasteiger charge is -2.35. The van der Waals surface area contributed by atoms with Gasteiger partial charge in [-0.1, -0.05) is 0 Å². The molecule has 0 spiro atoms. The second-order valence-corrected chi connectivity index (χ2v) is 5.08. The molecule has 2 rings (SSSR count). The molecule has 0 radical (unpaired) electrons. The van der Waals surface area contributed by atoms with Gasteiger partial charge in [0.15, 0.2) is 0 Å². The lowest BCUT2D eigenvalue weighted by molar-refractivity contribution is 0.256. The molecule has 1 aliphatic heterocycles. The number of piperazine rings is 1. The van der Waals surface area contributed by atoms with Crippen molar-refractivity contribution < 1.29 is 0 Å². The highest BCUT2D eigenvalue weighted by Crippen LogP contribution is 2.15. The SMILES string of the molecule is CN(C)c1nccc(N2CCN(CCCN)CC2)n1. The predicted molar refractivity (Wildman–Crippen MR) is 78.7 cm³/mol. The summed E-state index contributed by atoms with van der Waals surface area (Å²) in [5.74, 6) is 1.79. The summed E-state index contributed by atoms with van der Waals surface area (Å²) in [6.07, 6.45) is 2.91. The van der Waals surface area contributed by atoms with Crippen molar-refractivity contribution in [3.05, 3.63) is 12.3 Å². The molecule has 0 aromatic carbocycles. The smallest absolute Gasteiger partial charge is 0.226 e. The maximum atomic E-state index is 5.55. The van der Waals surface area contributed by atoms with Gasteiger partial charge in [-0.25, -0.2) is 4.98 Å². The standard InChI is InChI=1S/C13H24N6/c1-17(2)13-15-6-4-12(16-13)19-10-8-18(9-11-19)7-3-5-14/h4,6H,3,5,7-11,14H2,1-2H3. The number of rotatable bonds is 5. The van der Waals surface area contributed by atoms with Gasteiger partial charge in [0.2, 0.25) is 5.95 Å². The van der Waals surface area contributed by atoms with Crippen molar-refractivity contribution in [1.82, 2.24) is 14.9 Å². The van der Waals surface area contributed by atoms with Crippen molar-refractivity contribution in [2.45, 2.75) is 6.42 Å². The number of nitrogens with zero attached hydrogens (tertiary/aromatic N) is 5. The summed E-state index contributed by atoms with van der Waals surface area (Å²) in [5, 5.41) is 0. The van der Waals surface area contributed by atoms with Crippen LogP contribution < -0.4 is 15.5 Å². The van der Waals surface area contributed by atoms with Crippen LogP contribution in [0.1, 0.15) is 6.42 Å². The van der Waals surface area contributed by atoms with E-state index in [4.69, 9.17) is 5.73 Å². The van der Waals surface area contributed by atoms with Crippen molar-refractivity contribution in [1.29, 1.82) is 0 Å². The van der Waals surface area contributed by atoms with E-state index in [-0.39, 0.29) is 0 Å². The largest absolute Gasteiger partial charge is 0.354 e. The van der Waals surface area contributed by atoms with E-state index in [2.05, 4.69) is 19.8 Å². The lowest BCUT2D eigenvalue weighted by atomic mass is 10.3. The fraction of sp³-hybridized carbons (Fsp3) is 0.692. The normalized spacial score (nSPS) is 16.7. The molecular weight excluding hydrogens is 240 g/mol. The maximum Gasteiger partial charge on any atom is 0.226 e. The minimum absolute atomic E-state index is 0.767. The molecule has 2 N–H and O–H groups in total. The van der Waals surface area contributed by atoms with Crippen molar-refractivity contribution in [3.8, 4) is 0 Å². The molecule has 106 valence electrons. The fourth-order valence-electron chi connectivity index (χ4n) is 2.25. The molecule has 6 heteroatoms. The van der Waals surface area contributed by atoms with Gasteiger partial charge in [0.25, 0.3) is 0 Å². The summed E-state index contributed by atoms with van der Waals surface area (Å²) >= 11 is 0. The molecule has 1 aromatic rings. The molecule has 1 saturated heterocycles. The Balaban J connectivity index is 1.92. The zero-order chi connectivity index (χ0) is 13.7. The van der Waals surface area contributed by atoms with E-state index in [1.165, 1.54) is 0 Å². The Morgan fingerprint density at radius 3 is 2.63 bits per heavy atom. The van der Waals surface area contributed by atoms with E-state index in [0.29, 0.717) is 0 Å². The third-order valence-electron chi connectivity index (χ3n) is 3.40. The van der Waals surface area contributed by atoms with E-state index in [1.54, 1.807) is 0 Å². The quantitative estimate of drug-likeness (QED) is 0.808. The zero-order valence-electron chi connectivity index (χ0n) is 11.9. The van der Waals surface area contributed by atoms with E-state index in [1.807, 2.05) is 31.3 Å². The number of anilines is 2. The highest BCUT2D eigenvalue weighted by atomic mass is 15.3. The first kappa shape index (κ1) is 14.0. The van der Waals surface area contributed by atoms with Crippen LogP contribution in [-0.4, -0.2) is 68.2 Å². The van der Waals surface area contributed by atoms with Crippen molar-refractivity contribution >= 4 is 11.8 Å². The molecule has 0 bridgehead atoms. The Morgan fingerprint density at radius 2 is 2.00 bits per heavy atom. The summed E-state index contributed by atoms with van der Waals surface area (Å²) in [6.45, 7) is 6.10. The summed E-state index contributed by atoms with van der Waals surface area (Å²) in [4.78, 5) is 15.6. The molecule has 0 saturated carbocycles. The van der Waals surface area contributed by atoms with Gasteiger partial charge in [-0.15, -0.1) is 0 Å². The Kier molecular flexibility index (Phi) is 4.93. The zero-order valence-corrected chi connectivity index (χ0v) is 11.9. The molecule has 1 fully saturated rings. The Bertz CT molecular complexity index is 386. The monoisotopic (exact) mass is 264 g/mol. The Labute approximate surface area is 115 Å². The van der Waals surface area contributed by atoms with Gasteiger partial charge in [-0.3, -0.25) is 4.90 Å². The molecule has 2 heterocycles. The van der Waals surface area contributed by atoms with Gasteiger partial charge >= 0.3 is 0 Å². The van der Waals surface area contributed by atoms with E-state index in [0.717, 1.165) is 57.5 Å². The van der Waals surface area contributed by atoms with Crippen LogP contribution in [0, 0.1) is 0 Å². The van der Waals surface area contributed by atoms with E-state index < -0.39 is 0 Å². The Morgan fingerprint density at radius 1 is 1.26 bits per heavy atom. The molecule has 19 heavy (non-hydrogen) atoms. The van der Waals surface area contributed by atoms with Crippen LogP contribution in [0.5, 0.6) is 0 Å². The molecule has 0 amide bonds. The summed E-state index contributed by atoms with van der Waals surface area (Å²) in [6, 6.07) is 1.99. The molecule has 0 aliphatic carbocycles. The number of nitrogens with two attached hydrogens (primary N) is 1. The minimum atomic E-state index is 0.767. The highest BCUT2D eigenvalue weighted by Gasteiger charge is 2.18. The number of hydrogen-bond donors (Lipinski definition) is 1. The first-order valence-corrected chi connectivity index (χ1v) is 6.88. The van der Waals surface area contributed by atoms with E-state index in [9.17, 15) is 0 Å². The van der Waals surface area contributed by atoms with Crippen LogP contribution in [-0.2, 0) is 0 Å². The molecule has 1 aliphatic rings. The topological polar surface area (TPSA) is 61.5 Å². The minimum Gasteiger partial charge on any atom is -0.354 e. The van der Waals surface area contributed by atoms with Crippen LogP contribution in [0.15, 0.2) is 12.3 Å². The van der Waals surface area contributed by atoms with Gasteiger partial charge in [-0.05, 0) is 25.6 Å². The number of aromatic nitrogens is 2. The van der Waals surface area contributed by atoms with Gasteiger partial charge in [0, 0.05) is 46.5 Å². The molecule has 0 unspecified atom stereocenters.